The Labute approximate surface area is 226 Å². The van der Waals surface area contributed by atoms with Crippen LogP contribution in [0.1, 0.15) is 63.6 Å². The van der Waals surface area contributed by atoms with Crippen molar-refractivity contribution in [3.05, 3.63) is 82.2 Å². The van der Waals surface area contributed by atoms with E-state index < -0.39 is 11.9 Å². The van der Waals surface area contributed by atoms with E-state index in [4.69, 9.17) is 9.72 Å². The van der Waals surface area contributed by atoms with Gasteiger partial charge in [0.1, 0.15) is 5.00 Å². The van der Waals surface area contributed by atoms with Crippen molar-refractivity contribution in [2.75, 3.05) is 18.4 Å². The van der Waals surface area contributed by atoms with Crippen LogP contribution in [0.25, 0.3) is 22.2 Å². The topological polar surface area (TPSA) is 88.6 Å². The quantitative estimate of drug-likeness (QED) is 0.261. The highest BCUT2D eigenvalue weighted by molar-refractivity contribution is 7.18. The number of hydrogen-bond donors (Lipinski definition) is 1. The largest absolute Gasteiger partial charge is 0.459 e. The lowest BCUT2D eigenvalue weighted by Gasteiger charge is -2.18. The molecule has 0 fully saturated rings. The number of esters is 1. The monoisotopic (exact) mass is 529 g/mol. The van der Waals surface area contributed by atoms with Crippen molar-refractivity contribution in [2.45, 2.75) is 40.7 Å². The van der Waals surface area contributed by atoms with E-state index in [9.17, 15) is 14.4 Å². The number of ether oxygens (including phenoxy) is 1. The van der Waals surface area contributed by atoms with Crippen LogP contribution < -0.4 is 5.32 Å². The van der Waals surface area contributed by atoms with E-state index in [0.717, 1.165) is 16.9 Å². The first-order valence-electron chi connectivity index (χ1n) is 12.6. The SMILES string of the molecule is CCN(CC)C(=O)c1sc(NC(=O)c2cc(-c3ccccc3)nc3ccccc23)c(C(=O)OC(C)C)c1C. The molecule has 0 bridgehead atoms. The molecule has 0 aliphatic carbocycles. The Morgan fingerprint density at radius 3 is 2.32 bits per heavy atom. The molecule has 2 heterocycles. The van der Waals surface area contributed by atoms with Gasteiger partial charge in [0, 0.05) is 24.0 Å². The summed E-state index contributed by atoms with van der Waals surface area (Å²) in [5, 5.41) is 3.89. The molecule has 8 heteroatoms. The Morgan fingerprint density at radius 2 is 1.66 bits per heavy atom. The number of aromatic nitrogens is 1. The molecule has 2 aromatic heterocycles. The third-order valence-electron chi connectivity index (χ3n) is 6.20. The Bertz CT molecular complexity index is 1490. The normalized spacial score (nSPS) is 11.0. The molecule has 7 nitrogen and oxygen atoms in total. The van der Waals surface area contributed by atoms with Crippen molar-refractivity contribution in [1.29, 1.82) is 0 Å². The average Bonchev–Trinajstić information content (AvgIpc) is 3.24. The highest BCUT2D eigenvalue weighted by Crippen LogP contribution is 2.36. The smallest absolute Gasteiger partial charge is 0.341 e. The summed E-state index contributed by atoms with van der Waals surface area (Å²) in [7, 11) is 0. The first kappa shape index (κ1) is 27.0. The van der Waals surface area contributed by atoms with E-state index in [2.05, 4.69) is 5.32 Å². The molecule has 38 heavy (non-hydrogen) atoms. The number of thiophene rings is 1. The predicted molar refractivity (Wildman–Crippen MR) is 152 cm³/mol. The second-order valence-electron chi connectivity index (χ2n) is 9.08. The van der Waals surface area contributed by atoms with Gasteiger partial charge in [-0.3, -0.25) is 9.59 Å². The van der Waals surface area contributed by atoms with E-state index in [1.165, 1.54) is 0 Å². The molecular formula is C30H31N3O4S. The van der Waals surface area contributed by atoms with Gasteiger partial charge in [0.2, 0.25) is 0 Å². The lowest BCUT2D eigenvalue weighted by molar-refractivity contribution is 0.0379. The number of benzene rings is 2. The summed E-state index contributed by atoms with van der Waals surface area (Å²) in [4.78, 5) is 47.0. The van der Waals surface area contributed by atoms with Crippen LogP contribution in [0.3, 0.4) is 0 Å². The number of nitrogens with one attached hydrogen (secondary N) is 1. The highest BCUT2D eigenvalue weighted by Gasteiger charge is 2.29. The molecule has 196 valence electrons. The molecule has 0 aliphatic heterocycles. The van der Waals surface area contributed by atoms with E-state index in [1.807, 2.05) is 68.4 Å². The minimum absolute atomic E-state index is 0.183. The molecule has 2 aromatic carbocycles. The maximum Gasteiger partial charge on any atom is 0.341 e. The third-order valence-corrected chi connectivity index (χ3v) is 7.39. The zero-order valence-electron chi connectivity index (χ0n) is 22.2. The molecule has 0 unspecified atom stereocenters. The van der Waals surface area contributed by atoms with E-state index >= 15 is 0 Å². The Hall–Kier alpha value is -4.04. The van der Waals surface area contributed by atoms with Gasteiger partial charge in [-0.2, -0.15) is 0 Å². The lowest BCUT2D eigenvalue weighted by atomic mass is 10.0. The third kappa shape index (κ3) is 5.45. The zero-order valence-corrected chi connectivity index (χ0v) is 23.0. The van der Waals surface area contributed by atoms with Gasteiger partial charge >= 0.3 is 5.97 Å². The fraction of sp³-hybridized carbons (Fsp3) is 0.267. The van der Waals surface area contributed by atoms with Gasteiger partial charge in [0.25, 0.3) is 11.8 Å². The highest BCUT2D eigenvalue weighted by atomic mass is 32.1. The van der Waals surface area contributed by atoms with Crippen molar-refractivity contribution < 1.29 is 19.1 Å². The Morgan fingerprint density at radius 1 is 1.00 bits per heavy atom. The molecule has 0 spiro atoms. The summed E-state index contributed by atoms with van der Waals surface area (Å²) in [6.07, 6.45) is -0.357. The minimum Gasteiger partial charge on any atom is -0.459 e. The van der Waals surface area contributed by atoms with Gasteiger partial charge in [0.05, 0.1) is 33.3 Å². The van der Waals surface area contributed by atoms with Gasteiger partial charge in [0.15, 0.2) is 0 Å². The fourth-order valence-corrected chi connectivity index (χ4v) is 5.43. The van der Waals surface area contributed by atoms with Crippen LogP contribution in [0.4, 0.5) is 5.00 Å². The van der Waals surface area contributed by atoms with Crippen molar-refractivity contribution >= 4 is 45.0 Å². The van der Waals surface area contributed by atoms with Crippen LogP contribution >= 0.6 is 11.3 Å². The van der Waals surface area contributed by atoms with Gasteiger partial charge in [-0.05, 0) is 52.3 Å². The van der Waals surface area contributed by atoms with Crippen molar-refractivity contribution in [3.63, 3.8) is 0 Å². The molecular weight excluding hydrogens is 498 g/mol. The van der Waals surface area contributed by atoms with Gasteiger partial charge < -0.3 is 15.0 Å². The Kier molecular flexibility index (Phi) is 8.22. The first-order valence-corrected chi connectivity index (χ1v) is 13.5. The number of para-hydroxylation sites is 1. The molecule has 4 aromatic rings. The van der Waals surface area contributed by atoms with Crippen molar-refractivity contribution in [3.8, 4) is 11.3 Å². The number of carbonyl (C=O) groups is 3. The van der Waals surface area contributed by atoms with Crippen LogP contribution in [0.15, 0.2) is 60.7 Å². The fourth-order valence-electron chi connectivity index (χ4n) is 4.27. The molecule has 0 aliphatic rings. The van der Waals surface area contributed by atoms with Gasteiger partial charge in [-0.15, -0.1) is 11.3 Å². The van der Waals surface area contributed by atoms with E-state index in [1.54, 1.807) is 31.7 Å². The van der Waals surface area contributed by atoms with Gasteiger partial charge in [-0.1, -0.05) is 48.5 Å². The zero-order chi connectivity index (χ0) is 27.4. The van der Waals surface area contributed by atoms with Gasteiger partial charge in [-0.25, -0.2) is 9.78 Å². The number of rotatable bonds is 8. The first-order chi connectivity index (χ1) is 18.2. The second-order valence-corrected chi connectivity index (χ2v) is 10.1. The maximum absolute atomic E-state index is 13.8. The lowest BCUT2D eigenvalue weighted by Crippen LogP contribution is -2.30. The molecule has 0 saturated heterocycles. The van der Waals surface area contributed by atoms with Crippen molar-refractivity contribution in [1.82, 2.24) is 9.88 Å². The number of amides is 2. The number of nitrogens with zero attached hydrogens (tertiary/aromatic N) is 2. The van der Waals surface area contributed by atoms with Crippen molar-refractivity contribution in [2.24, 2.45) is 0 Å². The average molecular weight is 530 g/mol. The predicted octanol–water partition coefficient (Wildman–Crippen LogP) is 6.57. The standard InChI is InChI=1S/C30H31N3O4S/c1-6-33(7-2)29(35)26-19(5)25(30(36)37-18(3)4)28(38-26)32-27(34)22-17-24(20-13-9-8-10-14-20)31-23-16-12-11-15-21(22)23/h8-18H,6-7H2,1-5H3,(H,32,34). The summed E-state index contributed by atoms with van der Waals surface area (Å²) in [6.45, 7) is 10.1. The van der Waals surface area contributed by atoms with Crippen LogP contribution in [0.5, 0.6) is 0 Å². The maximum atomic E-state index is 13.8. The molecule has 0 radical (unpaired) electrons. The molecule has 0 saturated carbocycles. The summed E-state index contributed by atoms with van der Waals surface area (Å²) in [5.41, 5.74) is 3.34. The van der Waals surface area contributed by atoms with E-state index in [-0.39, 0.29) is 22.6 Å². The number of anilines is 1. The molecule has 2 amide bonds. The van der Waals surface area contributed by atoms with Crippen LogP contribution in [-0.2, 0) is 4.74 Å². The number of fused-ring (bicyclic) bond motifs is 1. The number of hydrogen-bond acceptors (Lipinski definition) is 6. The summed E-state index contributed by atoms with van der Waals surface area (Å²) in [6, 6.07) is 18.8. The number of pyridine rings is 1. The van der Waals surface area contributed by atoms with E-state index in [0.29, 0.717) is 45.7 Å². The molecule has 1 N–H and O–H groups in total. The van der Waals surface area contributed by atoms with Crippen LogP contribution in [0, 0.1) is 6.92 Å². The molecule has 0 atom stereocenters. The van der Waals surface area contributed by atoms with Crippen LogP contribution in [-0.4, -0.2) is 46.9 Å². The minimum atomic E-state index is -0.577. The molecule has 4 rings (SSSR count). The summed E-state index contributed by atoms with van der Waals surface area (Å²) >= 11 is 1.10. The van der Waals surface area contributed by atoms with Crippen LogP contribution in [0.2, 0.25) is 0 Å². The summed E-state index contributed by atoms with van der Waals surface area (Å²) in [5.74, 6) is -1.16. The number of carbonyl (C=O) groups excluding carboxylic acids is 3. The second kappa shape index (κ2) is 11.6. The Balaban J connectivity index is 1.81. The summed E-state index contributed by atoms with van der Waals surface area (Å²) < 4.78 is 5.48.